The van der Waals surface area contributed by atoms with Crippen LogP contribution in [0, 0.1) is 13.8 Å². The number of carbonyl (C=O) groups excluding carboxylic acids is 1. The maximum absolute atomic E-state index is 12.5. The zero-order chi connectivity index (χ0) is 17.6. The first-order valence-corrected chi connectivity index (χ1v) is 8.97. The van der Waals surface area contributed by atoms with Gasteiger partial charge in [0.05, 0.1) is 17.0 Å². The van der Waals surface area contributed by atoms with Crippen molar-refractivity contribution in [2.24, 2.45) is 0 Å². The van der Waals surface area contributed by atoms with E-state index in [4.69, 9.17) is 9.26 Å². The van der Waals surface area contributed by atoms with Crippen LogP contribution in [0.4, 0.5) is 0 Å². The summed E-state index contributed by atoms with van der Waals surface area (Å²) in [5, 5.41) is 3.88. The van der Waals surface area contributed by atoms with Crippen LogP contribution >= 0.6 is 11.8 Å². The van der Waals surface area contributed by atoms with E-state index < -0.39 is 0 Å². The summed E-state index contributed by atoms with van der Waals surface area (Å²) >= 11 is 1.53. The Morgan fingerprint density at radius 2 is 1.96 bits per heavy atom. The van der Waals surface area contributed by atoms with Crippen molar-refractivity contribution in [2.75, 3.05) is 0 Å². The van der Waals surface area contributed by atoms with E-state index in [1.54, 1.807) is 6.07 Å². The monoisotopic (exact) mass is 353 g/mol. The van der Waals surface area contributed by atoms with Gasteiger partial charge in [0.25, 0.3) is 0 Å². The van der Waals surface area contributed by atoms with Crippen molar-refractivity contribution < 1.29 is 14.1 Å². The summed E-state index contributed by atoms with van der Waals surface area (Å²) in [6, 6.07) is 17.3. The number of ether oxygens (including phenoxy) is 1. The number of thioether (sulfide) groups is 1. The Morgan fingerprint density at radius 1 is 1.12 bits per heavy atom. The Labute approximate surface area is 151 Å². The van der Waals surface area contributed by atoms with Gasteiger partial charge in [-0.2, -0.15) is 0 Å². The van der Waals surface area contributed by atoms with Crippen LogP contribution in [0.15, 0.2) is 64.0 Å². The van der Waals surface area contributed by atoms with E-state index in [-0.39, 0.29) is 12.6 Å². The molecule has 0 N–H and O–H groups in total. The number of esters is 1. The van der Waals surface area contributed by atoms with Gasteiger partial charge < -0.3 is 9.26 Å². The molecule has 1 heterocycles. The number of hydrogen-bond donors (Lipinski definition) is 0. The van der Waals surface area contributed by atoms with E-state index in [1.807, 2.05) is 62.4 Å². The molecule has 0 spiro atoms. The van der Waals surface area contributed by atoms with Crippen molar-refractivity contribution in [3.8, 4) is 0 Å². The molecule has 0 amide bonds. The van der Waals surface area contributed by atoms with Gasteiger partial charge in [0.1, 0.15) is 12.4 Å². The molecule has 0 saturated carbocycles. The quantitative estimate of drug-likeness (QED) is 0.464. The van der Waals surface area contributed by atoms with Crippen molar-refractivity contribution in [3.63, 3.8) is 0 Å². The van der Waals surface area contributed by atoms with Crippen molar-refractivity contribution in [1.82, 2.24) is 5.16 Å². The maximum Gasteiger partial charge on any atom is 0.339 e. The predicted octanol–water partition coefficient (Wildman–Crippen LogP) is 4.94. The zero-order valence-electron chi connectivity index (χ0n) is 14.2. The first kappa shape index (κ1) is 17.3. The molecular formula is C20H19NO3S. The van der Waals surface area contributed by atoms with Crippen molar-refractivity contribution in [3.05, 3.63) is 82.7 Å². The van der Waals surface area contributed by atoms with Gasteiger partial charge in [-0.3, -0.25) is 0 Å². The Bertz CT molecular complexity index is 873. The van der Waals surface area contributed by atoms with E-state index in [9.17, 15) is 4.79 Å². The fourth-order valence-corrected chi connectivity index (χ4v) is 3.34. The van der Waals surface area contributed by atoms with E-state index in [2.05, 4.69) is 5.16 Å². The van der Waals surface area contributed by atoms with Crippen LogP contribution in [0.5, 0.6) is 0 Å². The largest absolute Gasteiger partial charge is 0.457 e. The standard InChI is InChI=1S/C20H19NO3S/c1-14-6-5-7-16(10-14)12-23-20(22)18-8-3-4-9-19(18)25-13-17-11-15(2)21-24-17/h3-11H,12-13H2,1-2H3. The Hall–Kier alpha value is -2.53. The molecule has 25 heavy (non-hydrogen) atoms. The van der Waals surface area contributed by atoms with E-state index in [1.165, 1.54) is 11.8 Å². The molecule has 1 aromatic heterocycles. The lowest BCUT2D eigenvalue weighted by atomic mass is 10.1. The lowest BCUT2D eigenvalue weighted by Crippen LogP contribution is -2.06. The molecule has 0 aliphatic carbocycles. The molecule has 0 aliphatic heterocycles. The molecule has 0 atom stereocenters. The minimum atomic E-state index is -0.321. The summed E-state index contributed by atoms with van der Waals surface area (Å²) < 4.78 is 10.7. The smallest absolute Gasteiger partial charge is 0.339 e. The van der Waals surface area contributed by atoms with Gasteiger partial charge in [-0.15, -0.1) is 11.8 Å². The average molecular weight is 353 g/mol. The number of hydrogen-bond acceptors (Lipinski definition) is 5. The van der Waals surface area contributed by atoms with Crippen LogP contribution in [0.25, 0.3) is 0 Å². The zero-order valence-corrected chi connectivity index (χ0v) is 15.0. The third-order valence-electron chi connectivity index (χ3n) is 3.61. The number of benzene rings is 2. The first-order valence-electron chi connectivity index (χ1n) is 7.98. The average Bonchev–Trinajstić information content (AvgIpc) is 3.03. The highest BCUT2D eigenvalue weighted by Gasteiger charge is 2.14. The van der Waals surface area contributed by atoms with Crippen LogP contribution in [-0.2, 0) is 17.1 Å². The summed E-state index contributed by atoms with van der Waals surface area (Å²) in [6.07, 6.45) is 0. The van der Waals surface area contributed by atoms with Gasteiger partial charge in [-0.25, -0.2) is 4.79 Å². The number of nitrogens with zero attached hydrogens (tertiary/aromatic N) is 1. The molecule has 0 unspecified atom stereocenters. The second kappa shape index (κ2) is 8.03. The van der Waals surface area contributed by atoms with Crippen LogP contribution in [-0.4, -0.2) is 11.1 Å². The van der Waals surface area contributed by atoms with E-state index in [0.29, 0.717) is 11.3 Å². The van der Waals surface area contributed by atoms with Gasteiger partial charge in [-0.1, -0.05) is 47.1 Å². The Balaban J connectivity index is 1.65. The van der Waals surface area contributed by atoms with E-state index in [0.717, 1.165) is 27.5 Å². The van der Waals surface area contributed by atoms with Gasteiger partial charge in [0.2, 0.25) is 0 Å². The lowest BCUT2D eigenvalue weighted by Gasteiger charge is -2.09. The molecule has 0 radical (unpaired) electrons. The minimum Gasteiger partial charge on any atom is -0.457 e. The van der Waals surface area contributed by atoms with Crippen molar-refractivity contribution in [1.29, 1.82) is 0 Å². The van der Waals surface area contributed by atoms with Crippen molar-refractivity contribution >= 4 is 17.7 Å². The Morgan fingerprint density at radius 3 is 2.72 bits per heavy atom. The molecule has 0 saturated heterocycles. The highest BCUT2D eigenvalue weighted by Crippen LogP contribution is 2.27. The fourth-order valence-electron chi connectivity index (χ4n) is 2.42. The lowest BCUT2D eigenvalue weighted by molar-refractivity contribution is 0.0468. The number of aryl methyl sites for hydroxylation is 2. The van der Waals surface area contributed by atoms with Gasteiger partial charge in [0.15, 0.2) is 0 Å². The highest BCUT2D eigenvalue weighted by atomic mass is 32.2. The third-order valence-corrected chi connectivity index (χ3v) is 4.70. The highest BCUT2D eigenvalue weighted by molar-refractivity contribution is 7.98. The summed E-state index contributed by atoms with van der Waals surface area (Å²) in [4.78, 5) is 13.3. The molecule has 5 heteroatoms. The van der Waals surface area contributed by atoms with Crippen LogP contribution in [0.3, 0.4) is 0 Å². The molecule has 0 aliphatic rings. The van der Waals surface area contributed by atoms with Gasteiger partial charge in [-0.05, 0) is 31.5 Å². The molecule has 4 nitrogen and oxygen atoms in total. The van der Waals surface area contributed by atoms with Crippen LogP contribution in [0.1, 0.15) is 32.9 Å². The molecule has 128 valence electrons. The van der Waals surface area contributed by atoms with Crippen molar-refractivity contribution in [2.45, 2.75) is 31.1 Å². The summed E-state index contributed by atoms with van der Waals surface area (Å²) in [6.45, 7) is 4.16. The van der Waals surface area contributed by atoms with Crippen LogP contribution < -0.4 is 0 Å². The third kappa shape index (κ3) is 4.73. The Kier molecular flexibility index (Phi) is 5.56. The molecule has 0 fully saturated rings. The number of rotatable bonds is 6. The molecular weight excluding hydrogens is 334 g/mol. The summed E-state index contributed by atoms with van der Waals surface area (Å²) in [7, 11) is 0. The fraction of sp³-hybridized carbons (Fsp3) is 0.200. The van der Waals surface area contributed by atoms with Crippen LogP contribution in [0.2, 0.25) is 0 Å². The first-order chi connectivity index (χ1) is 12.1. The molecule has 3 aromatic rings. The van der Waals surface area contributed by atoms with E-state index >= 15 is 0 Å². The van der Waals surface area contributed by atoms with Gasteiger partial charge in [0, 0.05) is 11.0 Å². The maximum atomic E-state index is 12.5. The topological polar surface area (TPSA) is 52.3 Å². The minimum absolute atomic E-state index is 0.265. The second-order valence-electron chi connectivity index (χ2n) is 5.78. The predicted molar refractivity (Wildman–Crippen MR) is 97.5 cm³/mol. The molecule has 3 rings (SSSR count). The van der Waals surface area contributed by atoms with Gasteiger partial charge >= 0.3 is 5.97 Å². The SMILES string of the molecule is Cc1cccc(COC(=O)c2ccccc2SCc2cc(C)no2)c1. The number of aromatic nitrogens is 1. The molecule has 2 aromatic carbocycles. The number of carbonyl (C=O) groups is 1. The second-order valence-corrected chi connectivity index (χ2v) is 6.80. The summed E-state index contributed by atoms with van der Waals surface area (Å²) in [5.74, 6) is 1.08. The molecule has 0 bridgehead atoms. The summed E-state index contributed by atoms with van der Waals surface area (Å²) in [5.41, 5.74) is 3.54. The normalized spacial score (nSPS) is 10.6.